The molecule has 0 saturated heterocycles. The van der Waals surface area contributed by atoms with E-state index in [0.717, 1.165) is 24.5 Å². The van der Waals surface area contributed by atoms with Crippen molar-refractivity contribution in [2.24, 2.45) is 0 Å². The molecule has 0 saturated carbocycles. The first-order valence-corrected chi connectivity index (χ1v) is 6.72. The fourth-order valence-electron chi connectivity index (χ4n) is 2.49. The molecular weight excluding hydrogens is 280 g/mol. The summed E-state index contributed by atoms with van der Waals surface area (Å²) in [5.74, 6) is 0.405. The lowest BCUT2D eigenvalue weighted by Gasteiger charge is -2.27. The van der Waals surface area contributed by atoms with Crippen LogP contribution >= 0.6 is 11.6 Å². The number of fused-ring (bicyclic) bond motifs is 1. The Hall–Kier alpha value is -1.85. The van der Waals surface area contributed by atoms with Gasteiger partial charge in [-0.1, -0.05) is 17.7 Å². The predicted molar refractivity (Wildman–Crippen MR) is 74.6 cm³/mol. The molecule has 1 aliphatic rings. The highest BCUT2D eigenvalue weighted by molar-refractivity contribution is 6.30. The Balaban J connectivity index is 1.72. The summed E-state index contributed by atoms with van der Waals surface area (Å²) in [6, 6.07) is 9.00. The van der Waals surface area contributed by atoms with Crippen LogP contribution < -0.4 is 0 Å². The van der Waals surface area contributed by atoms with E-state index in [-0.39, 0.29) is 5.88 Å². The van der Waals surface area contributed by atoms with Crippen molar-refractivity contribution < 1.29 is 9.34 Å². The third kappa shape index (κ3) is 2.69. The molecule has 3 rings (SSSR count). The Bertz CT molecular complexity index is 654. The molecule has 0 amide bonds. The Morgan fingerprint density at radius 1 is 1.30 bits per heavy atom. The second kappa shape index (κ2) is 5.26. The molecule has 0 fully saturated rings. The van der Waals surface area contributed by atoms with E-state index in [4.69, 9.17) is 16.0 Å². The van der Waals surface area contributed by atoms with E-state index < -0.39 is 4.92 Å². The second-order valence-electron chi connectivity index (χ2n) is 4.87. The summed E-state index contributed by atoms with van der Waals surface area (Å²) in [4.78, 5) is 12.3. The number of hydrogen-bond donors (Lipinski definition) is 0. The van der Waals surface area contributed by atoms with Gasteiger partial charge in [0.15, 0.2) is 0 Å². The van der Waals surface area contributed by atoms with Crippen LogP contribution in [-0.4, -0.2) is 16.4 Å². The van der Waals surface area contributed by atoms with Crippen LogP contribution in [0.1, 0.15) is 16.9 Å². The van der Waals surface area contributed by atoms with E-state index in [1.807, 2.05) is 12.1 Å². The molecule has 1 aromatic heterocycles. The Labute approximate surface area is 120 Å². The van der Waals surface area contributed by atoms with Crippen LogP contribution in [0.5, 0.6) is 0 Å². The van der Waals surface area contributed by atoms with Crippen LogP contribution in [0.4, 0.5) is 5.88 Å². The molecule has 6 heteroatoms. The molecule has 2 heterocycles. The smallest absolute Gasteiger partial charge is 0.404 e. The average molecular weight is 293 g/mol. The van der Waals surface area contributed by atoms with Crippen LogP contribution in [-0.2, 0) is 19.5 Å². The SMILES string of the molecule is O=[N+]([O-])c1ccc(CN2CCc3ccc(Cl)cc3C2)o1. The number of hydrogen-bond acceptors (Lipinski definition) is 4. The fourth-order valence-corrected chi connectivity index (χ4v) is 2.68. The molecule has 0 N–H and O–H groups in total. The minimum Gasteiger partial charge on any atom is -0.404 e. The molecule has 20 heavy (non-hydrogen) atoms. The van der Waals surface area contributed by atoms with E-state index in [0.29, 0.717) is 12.3 Å². The third-order valence-corrected chi connectivity index (χ3v) is 3.70. The van der Waals surface area contributed by atoms with Gasteiger partial charge < -0.3 is 4.42 Å². The molecule has 5 nitrogen and oxygen atoms in total. The molecule has 0 radical (unpaired) electrons. The van der Waals surface area contributed by atoms with Gasteiger partial charge in [0.05, 0.1) is 12.6 Å². The largest absolute Gasteiger partial charge is 0.433 e. The highest BCUT2D eigenvalue weighted by Crippen LogP contribution is 2.25. The summed E-state index contributed by atoms with van der Waals surface area (Å²) < 4.78 is 5.19. The molecule has 0 unspecified atom stereocenters. The monoisotopic (exact) mass is 292 g/mol. The van der Waals surface area contributed by atoms with E-state index in [2.05, 4.69) is 11.0 Å². The van der Waals surface area contributed by atoms with Gasteiger partial charge in [-0.05, 0) is 35.7 Å². The van der Waals surface area contributed by atoms with Gasteiger partial charge >= 0.3 is 5.88 Å². The summed E-state index contributed by atoms with van der Waals surface area (Å²) in [5, 5.41) is 11.3. The van der Waals surface area contributed by atoms with Crippen LogP contribution in [0.3, 0.4) is 0 Å². The number of nitro groups is 1. The minimum atomic E-state index is -0.519. The van der Waals surface area contributed by atoms with Crippen molar-refractivity contribution in [1.82, 2.24) is 4.90 Å². The number of nitrogens with zero attached hydrogens (tertiary/aromatic N) is 2. The first-order chi connectivity index (χ1) is 9.61. The van der Waals surface area contributed by atoms with Gasteiger partial charge in [0.2, 0.25) is 0 Å². The highest BCUT2D eigenvalue weighted by Gasteiger charge is 2.19. The van der Waals surface area contributed by atoms with Crippen molar-refractivity contribution in [2.45, 2.75) is 19.5 Å². The highest BCUT2D eigenvalue weighted by atomic mass is 35.5. The first-order valence-electron chi connectivity index (χ1n) is 6.34. The van der Waals surface area contributed by atoms with Crippen LogP contribution in [0.2, 0.25) is 5.02 Å². The summed E-state index contributed by atoms with van der Waals surface area (Å²) >= 11 is 6.01. The lowest BCUT2D eigenvalue weighted by Crippen LogP contribution is -2.29. The van der Waals surface area contributed by atoms with E-state index in [9.17, 15) is 10.1 Å². The maximum absolute atomic E-state index is 10.6. The van der Waals surface area contributed by atoms with Crippen LogP contribution in [0, 0.1) is 10.1 Å². The zero-order valence-corrected chi connectivity index (χ0v) is 11.5. The summed E-state index contributed by atoms with van der Waals surface area (Å²) in [6.07, 6.45) is 0.954. The van der Waals surface area contributed by atoms with Crippen molar-refractivity contribution >= 4 is 17.5 Å². The van der Waals surface area contributed by atoms with Gasteiger partial charge in [-0.2, -0.15) is 0 Å². The van der Waals surface area contributed by atoms with E-state index in [1.54, 1.807) is 6.07 Å². The van der Waals surface area contributed by atoms with Crippen molar-refractivity contribution in [1.29, 1.82) is 0 Å². The summed E-state index contributed by atoms with van der Waals surface area (Å²) in [5.41, 5.74) is 2.53. The Kier molecular flexibility index (Phi) is 3.46. The molecular formula is C14H13ClN2O3. The topological polar surface area (TPSA) is 59.5 Å². The standard InChI is InChI=1S/C14H13ClN2O3/c15-12-2-1-10-5-6-16(8-11(10)7-12)9-13-3-4-14(20-13)17(18)19/h1-4,7H,5-6,8-9H2. The van der Waals surface area contributed by atoms with Crippen molar-refractivity contribution in [3.8, 4) is 0 Å². The van der Waals surface area contributed by atoms with Crippen molar-refractivity contribution in [2.75, 3.05) is 6.54 Å². The van der Waals surface area contributed by atoms with Gasteiger partial charge in [-0.3, -0.25) is 15.0 Å². The Morgan fingerprint density at radius 3 is 2.90 bits per heavy atom. The van der Waals surface area contributed by atoms with Crippen molar-refractivity contribution in [3.05, 3.63) is 62.4 Å². The molecule has 0 bridgehead atoms. The normalized spacial score (nSPS) is 15.1. The van der Waals surface area contributed by atoms with Crippen LogP contribution in [0.25, 0.3) is 0 Å². The minimum absolute atomic E-state index is 0.208. The first kappa shape index (κ1) is 13.1. The molecule has 104 valence electrons. The van der Waals surface area contributed by atoms with Crippen molar-refractivity contribution in [3.63, 3.8) is 0 Å². The number of furan rings is 1. The third-order valence-electron chi connectivity index (χ3n) is 3.47. The van der Waals surface area contributed by atoms with E-state index in [1.165, 1.54) is 17.2 Å². The lowest BCUT2D eigenvalue weighted by molar-refractivity contribution is -0.402. The van der Waals surface area contributed by atoms with Gasteiger partial charge in [0, 0.05) is 18.1 Å². The van der Waals surface area contributed by atoms with E-state index >= 15 is 0 Å². The molecule has 0 aliphatic carbocycles. The average Bonchev–Trinajstić information content (AvgIpc) is 2.87. The molecule has 0 atom stereocenters. The second-order valence-corrected chi connectivity index (χ2v) is 5.31. The lowest BCUT2D eigenvalue weighted by atomic mass is 10.00. The fraction of sp³-hybridized carbons (Fsp3) is 0.286. The van der Waals surface area contributed by atoms with Gasteiger partial charge in [-0.15, -0.1) is 0 Å². The maximum Gasteiger partial charge on any atom is 0.433 e. The molecule has 0 spiro atoms. The summed E-state index contributed by atoms with van der Waals surface area (Å²) in [6.45, 7) is 2.26. The Morgan fingerprint density at radius 2 is 2.15 bits per heavy atom. The van der Waals surface area contributed by atoms with Crippen LogP contribution in [0.15, 0.2) is 34.7 Å². The zero-order chi connectivity index (χ0) is 14.1. The zero-order valence-electron chi connectivity index (χ0n) is 10.7. The number of rotatable bonds is 3. The molecule has 2 aromatic rings. The quantitative estimate of drug-likeness (QED) is 0.642. The molecule has 1 aromatic carbocycles. The molecule has 1 aliphatic heterocycles. The number of halogens is 1. The predicted octanol–water partition coefficient (Wildman–Crippen LogP) is 3.40. The van der Waals surface area contributed by atoms with Gasteiger partial charge in [0.1, 0.15) is 10.7 Å². The van der Waals surface area contributed by atoms with Gasteiger partial charge in [0.25, 0.3) is 0 Å². The number of benzene rings is 1. The maximum atomic E-state index is 10.6. The summed E-state index contributed by atoms with van der Waals surface area (Å²) in [7, 11) is 0. The van der Waals surface area contributed by atoms with Gasteiger partial charge in [-0.25, -0.2) is 0 Å².